The minimum absolute atomic E-state index is 0.0138. The van der Waals surface area contributed by atoms with Gasteiger partial charge in [0.1, 0.15) is 0 Å². The number of likely N-dealkylation sites (tertiary alicyclic amines) is 1. The second kappa shape index (κ2) is 8.87. The maximum Gasteiger partial charge on any atom is 0.256 e. The number of carbonyl (C=O) groups excluding carboxylic acids is 2. The third kappa shape index (κ3) is 4.81. The lowest BCUT2D eigenvalue weighted by Crippen LogP contribution is -2.35. The monoisotopic (exact) mass is 429 g/mol. The number of benzene rings is 2. The molecule has 0 spiro atoms. The van der Waals surface area contributed by atoms with Crippen molar-refractivity contribution in [2.24, 2.45) is 0 Å². The van der Waals surface area contributed by atoms with E-state index in [1.165, 1.54) is 7.05 Å². The quantitative estimate of drug-likeness (QED) is 0.790. The zero-order valence-corrected chi connectivity index (χ0v) is 18.3. The van der Waals surface area contributed by atoms with Crippen LogP contribution in [0.2, 0.25) is 0 Å². The Labute approximate surface area is 177 Å². The number of nitrogens with one attached hydrogen (secondary N) is 1. The summed E-state index contributed by atoms with van der Waals surface area (Å²) in [5, 5.41) is 2.82. The van der Waals surface area contributed by atoms with Crippen molar-refractivity contribution < 1.29 is 18.0 Å². The van der Waals surface area contributed by atoms with Crippen LogP contribution < -0.4 is 9.62 Å². The first-order valence-corrected chi connectivity index (χ1v) is 11.8. The molecule has 7 nitrogen and oxygen atoms in total. The highest BCUT2D eigenvalue weighted by Gasteiger charge is 2.20. The molecule has 0 radical (unpaired) electrons. The van der Waals surface area contributed by atoms with Crippen LogP contribution in [0.1, 0.15) is 45.5 Å². The minimum Gasteiger partial charge on any atom is -0.339 e. The smallest absolute Gasteiger partial charge is 0.256 e. The molecule has 2 aromatic carbocycles. The number of hydrogen-bond donors (Lipinski definition) is 1. The fraction of sp³-hybridized carbons (Fsp3) is 0.364. The predicted octanol–water partition coefficient (Wildman–Crippen LogP) is 3.27. The second-order valence-electron chi connectivity index (χ2n) is 7.56. The molecular formula is C22H27N3O4S. The Morgan fingerprint density at radius 2 is 1.63 bits per heavy atom. The van der Waals surface area contributed by atoms with Crippen LogP contribution in [0.3, 0.4) is 0 Å². The average molecular weight is 430 g/mol. The fourth-order valence-electron chi connectivity index (χ4n) is 3.56. The van der Waals surface area contributed by atoms with Crippen LogP contribution in [0, 0.1) is 6.92 Å². The molecule has 1 N–H and O–H groups in total. The summed E-state index contributed by atoms with van der Waals surface area (Å²) in [6, 6.07) is 11.8. The number of nitrogens with zero attached hydrogens (tertiary/aromatic N) is 2. The van der Waals surface area contributed by atoms with Crippen molar-refractivity contribution in [3.8, 4) is 0 Å². The highest BCUT2D eigenvalue weighted by atomic mass is 32.2. The Morgan fingerprint density at radius 3 is 2.23 bits per heavy atom. The van der Waals surface area contributed by atoms with Crippen LogP contribution in [0.4, 0.5) is 11.4 Å². The first-order valence-electron chi connectivity index (χ1n) is 9.92. The third-order valence-corrected chi connectivity index (χ3v) is 6.61. The van der Waals surface area contributed by atoms with Gasteiger partial charge in [-0.05, 0) is 68.1 Å². The number of piperidine rings is 1. The largest absolute Gasteiger partial charge is 0.339 e. The first kappa shape index (κ1) is 21.8. The van der Waals surface area contributed by atoms with Crippen molar-refractivity contribution in [3.05, 3.63) is 59.2 Å². The number of rotatable bonds is 5. The molecule has 1 aliphatic rings. The second-order valence-corrected chi connectivity index (χ2v) is 9.58. The maximum atomic E-state index is 12.8. The van der Waals surface area contributed by atoms with E-state index in [1.807, 2.05) is 4.90 Å². The molecule has 0 atom stereocenters. The van der Waals surface area contributed by atoms with Gasteiger partial charge >= 0.3 is 0 Å². The Bertz CT molecular complexity index is 1040. The van der Waals surface area contributed by atoms with Crippen LogP contribution in [-0.2, 0) is 10.0 Å². The van der Waals surface area contributed by atoms with E-state index in [4.69, 9.17) is 0 Å². The Hall–Kier alpha value is -2.87. The molecule has 160 valence electrons. The molecule has 1 saturated heterocycles. The van der Waals surface area contributed by atoms with Crippen LogP contribution in [0.5, 0.6) is 0 Å². The van der Waals surface area contributed by atoms with Gasteiger partial charge in [-0.25, -0.2) is 8.42 Å². The summed E-state index contributed by atoms with van der Waals surface area (Å²) in [4.78, 5) is 27.2. The van der Waals surface area contributed by atoms with Gasteiger partial charge in [0.2, 0.25) is 10.0 Å². The highest BCUT2D eigenvalue weighted by Crippen LogP contribution is 2.25. The molecule has 8 heteroatoms. The summed E-state index contributed by atoms with van der Waals surface area (Å²) < 4.78 is 24.9. The summed E-state index contributed by atoms with van der Waals surface area (Å²) in [6.07, 6.45) is 4.35. The molecule has 3 rings (SSSR count). The third-order valence-electron chi connectivity index (χ3n) is 5.42. The lowest BCUT2D eigenvalue weighted by Gasteiger charge is -2.26. The average Bonchev–Trinajstić information content (AvgIpc) is 2.73. The first-order chi connectivity index (χ1) is 14.2. The summed E-state index contributed by atoms with van der Waals surface area (Å²) in [7, 11) is -1.98. The maximum absolute atomic E-state index is 12.8. The van der Waals surface area contributed by atoms with E-state index in [0.29, 0.717) is 28.1 Å². The molecule has 1 fully saturated rings. The fourth-order valence-corrected chi connectivity index (χ4v) is 4.12. The predicted molar refractivity (Wildman–Crippen MR) is 119 cm³/mol. The van der Waals surface area contributed by atoms with Crippen molar-refractivity contribution in [3.63, 3.8) is 0 Å². The standard InChI is InChI=1S/C22H27N3O4S/c1-16-19(8-7-9-20(16)24(2)30(3,28)29)21(26)23-18-12-10-17(11-13-18)22(27)25-14-5-4-6-15-25/h7-13H,4-6,14-15H2,1-3H3,(H,23,26). The highest BCUT2D eigenvalue weighted by molar-refractivity contribution is 7.92. The van der Waals surface area contributed by atoms with Crippen molar-refractivity contribution in [1.82, 2.24) is 4.90 Å². The van der Waals surface area contributed by atoms with E-state index >= 15 is 0 Å². The molecule has 1 heterocycles. The van der Waals surface area contributed by atoms with Crippen LogP contribution in [-0.4, -0.2) is 51.5 Å². The molecule has 1 aliphatic heterocycles. The van der Waals surface area contributed by atoms with E-state index in [0.717, 1.165) is 42.9 Å². The molecule has 0 aliphatic carbocycles. The normalized spacial score (nSPS) is 14.3. The van der Waals surface area contributed by atoms with E-state index in [9.17, 15) is 18.0 Å². The van der Waals surface area contributed by atoms with Crippen LogP contribution in [0.15, 0.2) is 42.5 Å². The summed E-state index contributed by atoms with van der Waals surface area (Å²) in [5.74, 6) is -0.328. The molecular weight excluding hydrogens is 402 g/mol. The number of anilines is 2. The number of amides is 2. The Kier molecular flexibility index (Phi) is 6.45. The number of carbonyl (C=O) groups is 2. The van der Waals surface area contributed by atoms with Gasteiger partial charge in [0.05, 0.1) is 11.9 Å². The van der Waals surface area contributed by atoms with Crippen LogP contribution in [0.25, 0.3) is 0 Å². The number of sulfonamides is 1. The minimum atomic E-state index is -3.44. The van der Waals surface area contributed by atoms with Crippen molar-refractivity contribution in [2.75, 3.05) is 36.0 Å². The van der Waals surface area contributed by atoms with E-state index < -0.39 is 10.0 Å². The lowest BCUT2D eigenvalue weighted by molar-refractivity contribution is 0.0724. The van der Waals surface area contributed by atoms with Gasteiger partial charge in [-0.2, -0.15) is 0 Å². The Morgan fingerprint density at radius 1 is 1.00 bits per heavy atom. The van der Waals surface area contributed by atoms with Gasteiger partial charge in [0.25, 0.3) is 11.8 Å². The van der Waals surface area contributed by atoms with Crippen molar-refractivity contribution in [1.29, 1.82) is 0 Å². The van der Waals surface area contributed by atoms with Crippen LogP contribution >= 0.6 is 0 Å². The molecule has 2 amide bonds. The zero-order chi connectivity index (χ0) is 21.9. The summed E-state index contributed by atoms with van der Waals surface area (Å²) in [5.41, 5.74) is 2.57. The number of hydrogen-bond acceptors (Lipinski definition) is 4. The van der Waals surface area contributed by atoms with Gasteiger partial charge in [0.15, 0.2) is 0 Å². The topological polar surface area (TPSA) is 86.8 Å². The molecule has 0 aromatic heterocycles. The van der Waals surface area contributed by atoms with Gasteiger partial charge < -0.3 is 10.2 Å². The Balaban J connectivity index is 1.74. The molecule has 0 bridgehead atoms. The SMILES string of the molecule is Cc1c(C(=O)Nc2ccc(C(=O)N3CCCCC3)cc2)cccc1N(C)S(C)(=O)=O. The zero-order valence-electron chi connectivity index (χ0n) is 17.5. The molecule has 0 unspecified atom stereocenters. The van der Waals surface area contributed by atoms with E-state index in [1.54, 1.807) is 49.4 Å². The van der Waals surface area contributed by atoms with Gasteiger partial charge in [-0.1, -0.05) is 6.07 Å². The van der Waals surface area contributed by atoms with Gasteiger partial charge in [-0.3, -0.25) is 13.9 Å². The molecule has 30 heavy (non-hydrogen) atoms. The molecule has 0 saturated carbocycles. The molecule has 2 aromatic rings. The summed E-state index contributed by atoms with van der Waals surface area (Å²) >= 11 is 0. The van der Waals surface area contributed by atoms with Gasteiger partial charge in [-0.15, -0.1) is 0 Å². The van der Waals surface area contributed by atoms with Crippen molar-refractivity contribution in [2.45, 2.75) is 26.2 Å². The summed E-state index contributed by atoms with van der Waals surface area (Å²) in [6.45, 7) is 3.29. The van der Waals surface area contributed by atoms with Gasteiger partial charge in [0, 0.05) is 37.0 Å². The van der Waals surface area contributed by atoms with E-state index in [2.05, 4.69) is 5.32 Å². The van der Waals surface area contributed by atoms with Crippen molar-refractivity contribution >= 4 is 33.2 Å². The lowest BCUT2D eigenvalue weighted by atomic mass is 10.1. The van der Waals surface area contributed by atoms with E-state index in [-0.39, 0.29) is 11.8 Å².